The average Bonchev–Trinajstić information content (AvgIpc) is 2.94. The number of halogens is 1. The maximum absolute atomic E-state index is 12.3. The minimum absolute atomic E-state index is 0.00821. The molecule has 3 rings (SSSR count). The Balaban J connectivity index is 1.81. The van der Waals surface area contributed by atoms with Crippen LogP contribution in [0, 0.1) is 0 Å². The highest BCUT2D eigenvalue weighted by Crippen LogP contribution is 2.25. The Hall–Kier alpha value is -2.25. The van der Waals surface area contributed by atoms with Gasteiger partial charge in [-0.05, 0) is 36.4 Å². The summed E-state index contributed by atoms with van der Waals surface area (Å²) in [5.41, 5.74) is 1.02. The van der Waals surface area contributed by atoms with Gasteiger partial charge in [0.05, 0.1) is 11.6 Å². The van der Waals surface area contributed by atoms with Crippen molar-refractivity contribution < 1.29 is 17.9 Å². The van der Waals surface area contributed by atoms with Gasteiger partial charge in [-0.15, -0.1) is 0 Å². The number of amides is 1. The number of nitrogens with one attached hydrogen (secondary N) is 1. The van der Waals surface area contributed by atoms with E-state index in [4.69, 9.17) is 16.3 Å². The highest BCUT2D eigenvalue weighted by atomic mass is 35.5. The van der Waals surface area contributed by atoms with Crippen molar-refractivity contribution in [3.63, 3.8) is 0 Å². The molecule has 1 N–H and O–H groups in total. The van der Waals surface area contributed by atoms with Crippen LogP contribution in [0.15, 0.2) is 53.4 Å². The highest BCUT2D eigenvalue weighted by molar-refractivity contribution is 7.92. The molecular weight excluding hydrogens is 340 g/mol. The number of anilines is 2. The van der Waals surface area contributed by atoms with Crippen LogP contribution in [0.1, 0.15) is 0 Å². The molecule has 1 heterocycles. The van der Waals surface area contributed by atoms with Gasteiger partial charge in [-0.25, -0.2) is 13.2 Å². The summed E-state index contributed by atoms with van der Waals surface area (Å²) in [4.78, 5) is 13.0. The third kappa shape index (κ3) is 3.25. The number of hydrogen-bond donors (Lipinski definition) is 1. The predicted octanol–water partition coefficient (Wildman–Crippen LogP) is 3.10. The third-order valence-electron chi connectivity index (χ3n) is 3.32. The van der Waals surface area contributed by atoms with E-state index in [-0.39, 0.29) is 9.92 Å². The molecule has 2 aromatic carbocycles. The molecule has 0 bridgehead atoms. The van der Waals surface area contributed by atoms with Gasteiger partial charge in [0, 0.05) is 11.4 Å². The molecule has 0 atom stereocenters. The van der Waals surface area contributed by atoms with Gasteiger partial charge in [-0.3, -0.25) is 9.62 Å². The van der Waals surface area contributed by atoms with Crippen LogP contribution in [0.2, 0.25) is 5.02 Å². The molecule has 1 aliphatic heterocycles. The number of cyclic esters (lactones) is 1. The minimum atomic E-state index is -3.77. The lowest BCUT2D eigenvalue weighted by Gasteiger charge is -2.14. The van der Waals surface area contributed by atoms with E-state index in [9.17, 15) is 13.2 Å². The second-order valence-corrected chi connectivity index (χ2v) is 6.91. The molecular formula is C15H13ClN2O4S. The third-order valence-corrected chi connectivity index (χ3v) is 5.20. The Morgan fingerprint density at radius 1 is 1.09 bits per heavy atom. The van der Waals surface area contributed by atoms with Crippen molar-refractivity contribution in [3.05, 3.63) is 53.6 Å². The van der Waals surface area contributed by atoms with Crippen molar-refractivity contribution >= 4 is 39.1 Å². The summed E-state index contributed by atoms with van der Waals surface area (Å²) < 4.78 is 32.0. The summed E-state index contributed by atoms with van der Waals surface area (Å²) in [5.74, 6) is 0. The number of nitrogens with zero attached hydrogens (tertiary/aromatic N) is 1. The number of carbonyl (C=O) groups excluding carboxylic acids is 1. The molecule has 1 aliphatic rings. The van der Waals surface area contributed by atoms with Crippen LogP contribution in [-0.4, -0.2) is 27.7 Å². The topological polar surface area (TPSA) is 75.7 Å². The first-order chi connectivity index (χ1) is 11.0. The minimum Gasteiger partial charge on any atom is -0.447 e. The lowest BCUT2D eigenvalue weighted by Crippen LogP contribution is -2.23. The molecule has 0 saturated carbocycles. The fourth-order valence-electron chi connectivity index (χ4n) is 2.21. The van der Waals surface area contributed by atoms with Crippen LogP contribution < -0.4 is 9.62 Å². The molecule has 1 amide bonds. The lowest BCUT2D eigenvalue weighted by molar-refractivity contribution is 0.181. The molecule has 1 fully saturated rings. The first kappa shape index (κ1) is 15.6. The number of benzene rings is 2. The Morgan fingerprint density at radius 3 is 2.39 bits per heavy atom. The van der Waals surface area contributed by atoms with Crippen LogP contribution in [0.25, 0.3) is 0 Å². The largest absolute Gasteiger partial charge is 0.447 e. The summed E-state index contributed by atoms with van der Waals surface area (Å²) in [5, 5.41) is 0.149. The fraction of sp³-hybridized carbons (Fsp3) is 0.133. The van der Waals surface area contributed by atoms with Crippen molar-refractivity contribution in [2.45, 2.75) is 4.90 Å². The number of sulfonamides is 1. The first-order valence-corrected chi connectivity index (χ1v) is 8.65. The molecule has 8 heteroatoms. The first-order valence-electron chi connectivity index (χ1n) is 6.79. The van der Waals surface area contributed by atoms with E-state index >= 15 is 0 Å². The van der Waals surface area contributed by atoms with E-state index in [0.29, 0.717) is 24.5 Å². The van der Waals surface area contributed by atoms with Gasteiger partial charge >= 0.3 is 6.09 Å². The van der Waals surface area contributed by atoms with E-state index in [2.05, 4.69) is 4.72 Å². The van der Waals surface area contributed by atoms with Crippen molar-refractivity contribution in [2.24, 2.45) is 0 Å². The number of rotatable bonds is 4. The molecule has 0 spiro atoms. The van der Waals surface area contributed by atoms with Crippen molar-refractivity contribution in [2.75, 3.05) is 22.8 Å². The molecule has 23 heavy (non-hydrogen) atoms. The number of ether oxygens (including phenoxy) is 1. The van der Waals surface area contributed by atoms with Gasteiger partial charge in [0.1, 0.15) is 11.5 Å². The van der Waals surface area contributed by atoms with Crippen LogP contribution >= 0.6 is 11.6 Å². The Bertz CT molecular complexity index is 837. The lowest BCUT2D eigenvalue weighted by atomic mass is 10.2. The molecule has 0 aromatic heterocycles. The summed E-state index contributed by atoms with van der Waals surface area (Å²) in [6.07, 6.45) is -0.408. The van der Waals surface area contributed by atoms with Crippen molar-refractivity contribution in [1.29, 1.82) is 0 Å². The predicted molar refractivity (Wildman–Crippen MR) is 87.4 cm³/mol. The Morgan fingerprint density at radius 2 is 1.78 bits per heavy atom. The van der Waals surface area contributed by atoms with Gasteiger partial charge in [-0.1, -0.05) is 23.7 Å². The molecule has 120 valence electrons. The average molecular weight is 353 g/mol. The van der Waals surface area contributed by atoms with Gasteiger partial charge in [-0.2, -0.15) is 0 Å². The Kier molecular flexibility index (Phi) is 4.14. The monoisotopic (exact) mass is 352 g/mol. The number of carbonyl (C=O) groups is 1. The van der Waals surface area contributed by atoms with Gasteiger partial charge in [0.15, 0.2) is 0 Å². The van der Waals surface area contributed by atoms with E-state index in [1.807, 2.05) is 0 Å². The molecule has 0 unspecified atom stereocenters. The second kappa shape index (κ2) is 6.10. The zero-order valence-corrected chi connectivity index (χ0v) is 13.5. The molecule has 0 aliphatic carbocycles. The maximum Gasteiger partial charge on any atom is 0.414 e. The molecule has 1 saturated heterocycles. The van der Waals surface area contributed by atoms with Gasteiger partial charge < -0.3 is 4.74 Å². The number of hydrogen-bond acceptors (Lipinski definition) is 4. The van der Waals surface area contributed by atoms with Crippen LogP contribution in [0.3, 0.4) is 0 Å². The van der Waals surface area contributed by atoms with Gasteiger partial charge in [0.25, 0.3) is 10.0 Å². The highest BCUT2D eigenvalue weighted by Gasteiger charge is 2.23. The van der Waals surface area contributed by atoms with E-state index in [1.165, 1.54) is 17.0 Å². The Labute approximate surface area is 138 Å². The summed E-state index contributed by atoms with van der Waals surface area (Å²) in [7, 11) is -3.77. The second-order valence-electron chi connectivity index (χ2n) is 4.85. The van der Waals surface area contributed by atoms with E-state index in [1.54, 1.807) is 36.4 Å². The van der Waals surface area contributed by atoms with E-state index < -0.39 is 16.1 Å². The van der Waals surface area contributed by atoms with Crippen LogP contribution in [0.5, 0.6) is 0 Å². The quantitative estimate of drug-likeness (QED) is 0.917. The SMILES string of the molecule is O=C1OCCN1c1ccc(NS(=O)(=O)c2ccccc2Cl)cc1. The van der Waals surface area contributed by atoms with Crippen molar-refractivity contribution in [3.8, 4) is 0 Å². The van der Waals surface area contributed by atoms with Crippen LogP contribution in [-0.2, 0) is 14.8 Å². The smallest absolute Gasteiger partial charge is 0.414 e. The normalized spacial score (nSPS) is 14.7. The van der Waals surface area contributed by atoms with Crippen LogP contribution in [0.4, 0.5) is 16.2 Å². The maximum atomic E-state index is 12.3. The zero-order chi connectivity index (χ0) is 16.4. The summed E-state index contributed by atoms with van der Waals surface area (Å²) in [6, 6.07) is 12.7. The zero-order valence-electron chi connectivity index (χ0n) is 11.9. The summed E-state index contributed by atoms with van der Waals surface area (Å²) in [6.45, 7) is 0.823. The molecule has 6 nitrogen and oxygen atoms in total. The molecule has 0 radical (unpaired) electrons. The summed E-state index contributed by atoms with van der Waals surface area (Å²) >= 11 is 5.93. The standard InChI is InChI=1S/C15H13ClN2O4S/c16-13-3-1-2-4-14(13)23(20,21)17-11-5-7-12(8-6-11)18-9-10-22-15(18)19/h1-8,17H,9-10H2. The molecule has 2 aromatic rings. The van der Waals surface area contributed by atoms with E-state index in [0.717, 1.165) is 0 Å². The van der Waals surface area contributed by atoms with Crippen molar-refractivity contribution in [1.82, 2.24) is 0 Å². The van der Waals surface area contributed by atoms with Gasteiger partial charge in [0.2, 0.25) is 0 Å². The fourth-order valence-corrected chi connectivity index (χ4v) is 3.79.